The van der Waals surface area contributed by atoms with Crippen molar-refractivity contribution in [1.82, 2.24) is 10.2 Å². The predicted molar refractivity (Wildman–Crippen MR) is 101 cm³/mol. The molecule has 0 atom stereocenters. The van der Waals surface area contributed by atoms with Crippen LogP contribution in [0.15, 0.2) is 48.5 Å². The molecule has 1 N–H and O–H groups in total. The molecule has 0 fully saturated rings. The molecule has 2 aromatic carbocycles. The third-order valence-corrected chi connectivity index (χ3v) is 4.06. The zero-order valence-electron chi connectivity index (χ0n) is 15.2. The molecule has 0 aromatic heterocycles. The molecule has 0 saturated carbocycles. The van der Waals surface area contributed by atoms with Gasteiger partial charge in [-0.05, 0) is 48.8 Å². The van der Waals surface area contributed by atoms with Crippen molar-refractivity contribution in [3.05, 3.63) is 65.2 Å². The molecule has 0 aliphatic rings. The van der Waals surface area contributed by atoms with Gasteiger partial charge in [0.2, 0.25) is 0 Å². The molecule has 0 bridgehead atoms. The number of benzene rings is 2. The summed E-state index contributed by atoms with van der Waals surface area (Å²) in [7, 11) is 2.16. The highest BCUT2D eigenvalue weighted by Crippen LogP contribution is 2.14. The summed E-state index contributed by atoms with van der Waals surface area (Å²) in [5.41, 5.74) is 4.06. The number of likely N-dealkylation sites (N-methyl/N-ethyl adjacent to an activating group) is 1. The zero-order chi connectivity index (χ0) is 17.2. The van der Waals surface area contributed by atoms with Gasteiger partial charge in [-0.2, -0.15) is 0 Å². The van der Waals surface area contributed by atoms with Crippen molar-refractivity contribution < 1.29 is 4.74 Å². The Morgan fingerprint density at radius 1 is 0.833 bits per heavy atom. The van der Waals surface area contributed by atoms with Crippen molar-refractivity contribution in [1.29, 1.82) is 0 Å². The molecule has 0 radical (unpaired) electrons. The summed E-state index contributed by atoms with van der Waals surface area (Å²) < 4.78 is 5.71. The van der Waals surface area contributed by atoms with Gasteiger partial charge in [0.05, 0.1) is 0 Å². The second-order valence-corrected chi connectivity index (χ2v) is 6.19. The Morgan fingerprint density at radius 2 is 1.38 bits per heavy atom. The van der Waals surface area contributed by atoms with E-state index in [9.17, 15) is 0 Å². The first-order chi connectivity index (χ1) is 11.7. The van der Waals surface area contributed by atoms with Gasteiger partial charge in [-0.1, -0.05) is 50.2 Å². The molecular weight excluding hydrogens is 296 g/mol. The average molecular weight is 326 g/mol. The van der Waals surface area contributed by atoms with Crippen LogP contribution in [0.4, 0.5) is 0 Å². The number of nitrogens with one attached hydrogen (secondary N) is 1. The number of rotatable bonds is 10. The Kier molecular flexibility index (Phi) is 7.80. The largest absolute Gasteiger partial charge is 0.492 e. The number of hydrogen-bond acceptors (Lipinski definition) is 3. The lowest BCUT2D eigenvalue weighted by molar-refractivity contribution is 0.312. The van der Waals surface area contributed by atoms with Crippen molar-refractivity contribution in [2.45, 2.75) is 33.4 Å². The van der Waals surface area contributed by atoms with E-state index in [2.05, 4.69) is 79.6 Å². The van der Waals surface area contributed by atoms with Crippen LogP contribution in [0.2, 0.25) is 0 Å². The molecule has 3 heteroatoms. The molecule has 2 aromatic rings. The van der Waals surface area contributed by atoms with E-state index in [0.717, 1.165) is 38.3 Å². The topological polar surface area (TPSA) is 24.5 Å². The quantitative estimate of drug-likeness (QED) is 0.671. The molecule has 0 aliphatic heterocycles. The monoisotopic (exact) mass is 326 g/mol. The van der Waals surface area contributed by atoms with Crippen LogP contribution >= 0.6 is 0 Å². The second kappa shape index (κ2) is 10.1. The fourth-order valence-electron chi connectivity index (χ4n) is 2.67. The Morgan fingerprint density at radius 3 is 1.92 bits per heavy atom. The van der Waals surface area contributed by atoms with Gasteiger partial charge < -0.3 is 10.1 Å². The third-order valence-electron chi connectivity index (χ3n) is 4.06. The lowest BCUT2D eigenvalue weighted by Crippen LogP contribution is -2.20. The number of aryl methyl sites for hydroxylation is 1. The van der Waals surface area contributed by atoms with Crippen LogP contribution in [0, 0.1) is 0 Å². The van der Waals surface area contributed by atoms with Gasteiger partial charge in [-0.15, -0.1) is 0 Å². The van der Waals surface area contributed by atoms with Crippen LogP contribution < -0.4 is 10.1 Å². The number of nitrogens with zero attached hydrogens (tertiary/aromatic N) is 1. The van der Waals surface area contributed by atoms with Crippen LogP contribution in [0.25, 0.3) is 0 Å². The maximum Gasteiger partial charge on any atom is 0.119 e. The normalized spacial score (nSPS) is 11.0. The predicted octanol–water partition coefficient (Wildman–Crippen LogP) is 3.87. The first-order valence-electron chi connectivity index (χ1n) is 8.90. The Bertz CT molecular complexity index is 578. The van der Waals surface area contributed by atoms with Crippen molar-refractivity contribution in [3.63, 3.8) is 0 Å². The van der Waals surface area contributed by atoms with Crippen LogP contribution in [0.3, 0.4) is 0 Å². The van der Waals surface area contributed by atoms with Crippen molar-refractivity contribution >= 4 is 0 Å². The SMILES string of the molecule is CCNCCOc1ccc(CN(C)Cc2ccc(CC)cc2)cc1. The van der Waals surface area contributed by atoms with E-state index in [1.807, 2.05) is 0 Å². The van der Waals surface area contributed by atoms with Gasteiger partial charge in [0.15, 0.2) is 0 Å². The number of hydrogen-bond donors (Lipinski definition) is 1. The van der Waals surface area contributed by atoms with Crippen molar-refractivity contribution in [2.24, 2.45) is 0 Å². The molecule has 0 amide bonds. The van der Waals surface area contributed by atoms with Crippen molar-refractivity contribution in [2.75, 3.05) is 26.7 Å². The lowest BCUT2D eigenvalue weighted by atomic mass is 10.1. The molecule has 0 aliphatic carbocycles. The van der Waals surface area contributed by atoms with Crippen LogP contribution in [-0.4, -0.2) is 31.6 Å². The first-order valence-corrected chi connectivity index (χ1v) is 8.90. The van der Waals surface area contributed by atoms with E-state index in [1.165, 1.54) is 16.7 Å². The van der Waals surface area contributed by atoms with Gasteiger partial charge in [0.25, 0.3) is 0 Å². The summed E-state index contributed by atoms with van der Waals surface area (Å²) in [6.45, 7) is 8.77. The molecule has 0 spiro atoms. The lowest BCUT2D eigenvalue weighted by Gasteiger charge is -2.17. The molecule has 0 heterocycles. The summed E-state index contributed by atoms with van der Waals surface area (Å²) in [5, 5.41) is 3.25. The minimum Gasteiger partial charge on any atom is -0.492 e. The van der Waals surface area contributed by atoms with Crippen LogP contribution in [0.5, 0.6) is 5.75 Å². The van der Waals surface area contributed by atoms with E-state index >= 15 is 0 Å². The molecule has 2 rings (SSSR count). The highest BCUT2D eigenvalue weighted by atomic mass is 16.5. The van der Waals surface area contributed by atoms with Crippen LogP contribution in [0.1, 0.15) is 30.5 Å². The summed E-state index contributed by atoms with van der Waals surface area (Å²) in [6.07, 6.45) is 1.10. The van der Waals surface area contributed by atoms with Crippen LogP contribution in [-0.2, 0) is 19.5 Å². The summed E-state index contributed by atoms with van der Waals surface area (Å²) in [6, 6.07) is 17.3. The van der Waals surface area contributed by atoms with Gasteiger partial charge in [-0.3, -0.25) is 4.90 Å². The van der Waals surface area contributed by atoms with E-state index < -0.39 is 0 Å². The van der Waals surface area contributed by atoms with E-state index in [0.29, 0.717) is 6.61 Å². The molecule has 3 nitrogen and oxygen atoms in total. The smallest absolute Gasteiger partial charge is 0.119 e. The Hall–Kier alpha value is -1.84. The maximum absolute atomic E-state index is 5.71. The Balaban J connectivity index is 1.79. The molecular formula is C21H30N2O. The van der Waals surface area contributed by atoms with Crippen molar-refractivity contribution in [3.8, 4) is 5.75 Å². The minimum atomic E-state index is 0.709. The maximum atomic E-state index is 5.71. The van der Waals surface area contributed by atoms with E-state index in [1.54, 1.807) is 0 Å². The molecule has 130 valence electrons. The number of ether oxygens (including phenoxy) is 1. The minimum absolute atomic E-state index is 0.709. The first kappa shape index (κ1) is 18.5. The van der Waals surface area contributed by atoms with E-state index in [4.69, 9.17) is 4.74 Å². The Labute approximate surface area is 146 Å². The summed E-state index contributed by atoms with van der Waals surface area (Å²) in [5.74, 6) is 0.939. The fourth-order valence-corrected chi connectivity index (χ4v) is 2.67. The van der Waals surface area contributed by atoms with E-state index in [-0.39, 0.29) is 0 Å². The second-order valence-electron chi connectivity index (χ2n) is 6.19. The third kappa shape index (κ3) is 6.34. The molecule has 0 unspecified atom stereocenters. The van der Waals surface area contributed by atoms with Gasteiger partial charge >= 0.3 is 0 Å². The zero-order valence-corrected chi connectivity index (χ0v) is 15.2. The summed E-state index contributed by atoms with van der Waals surface area (Å²) >= 11 is 0. The molecule has 24 heavy (non-hydrogen) atoms. The highest BCUT2D eigenvalue weighted by Gasteiger charge is 2.03. The molecule has 0 saturated heterocycles. The van der Waals surface area contributed by atoms with Gasteiger partial charge in [0, 0.05) is 19.6 Å². The van der Waals surface area contributed by atoms with Gasteiger partial charge in [0.1, 0.15) is 12.4 Å². The summed E-state index contributed by atoms with van der Waals surface area (Å²) in [4.78, 5) is 2.34. The highest BCUT2D eigenvalue weighted by molar-refractivity contribution is 5.27. The fraction of sp³-hybridized carbons (Fsp3) is 0.429. The van der Waals surface area contributed by atoms with Gasteiger partial charge in [-0.25, -0.2) is 0 Å². The standard InChI is InChI=1S/C21H30N2O/c1-4-18-6-8-19(9-7-18)16-23(3)17-20-10-12-21(13-11-20)24-15-14-22-5-2/h6-13,22H,4-5,14-17H2,1-3H3. The average Bonchev–Trinajstić information content (AvgIpc) is 2.61.